The SMILES string of the molecule is CC1(C)C(=O)N(c2ccc(C#N)c(Cl)c2)C(=S)N1c1ccc(Cl)c(S(=O)O)c1. The summed E-state index contributed by atoms with van der Waals surface area (Å²) >= 11 is 15.3. The summed E-state index contributed by atoms with van der Waals surface area (Å²) in [4.78, 5) is 16.1. The Bertz CT molecular complexity index is 1080. The predicted octanol–water partition coefficient (Wildman–Crippen LogP) is 4.36. The van der Waals surface area contributed by atoms with E-state index >= 15 is 0 Å². The van der Waals surface area contributed by atoms with Gasteiger partial charge in [0.2, 0.25) is 0 Å². The van der Waals surface area contributed by atoms with Crippen molar-refractivity contribution in [2.45, 2.75) is 24.3 Å². The van der Waals surface area contributed by atoms with E-state index in [0.717, 1.165) is 0 Å². The lowest BCUT2D eigenvalue weighted by Crippen LogP contribution is -2.44. The zero-order valence-corrected chi connectivity index (χ0v) is 17.8. The van der Waals surface area contributed by atoms with E-state index in [0.29, 0.717) is 11.4 Å². The van der Waals surface area contributed by atoms with Gasteiger partial charge in [-0.3, -0.25) is 9.69 Å². The maximum absolute atomic E-state index is 13.1. The number of thiocarbonyl (C=S) groups is 1. The van der Waals surface area contributed by atoms with Crippen LogP contribution in [-0.2, 0) is 15.9 Å². The first-order valence-corrected chi connectivity index (χ1v) is 10.2. The number of nitriles is 1. The molecule has 1 amide bonds. The molecule has 1 atom stereocenters. The molecule has 144 valence electrons. The average Bonchev–Trinajstić information content (AvgIpc) is 2.80. The van der Waals surface area contributed by atoms with Crippen LogP contribution in [0.1, 0.15) is 19.4 Å². The average molecular weight is 454 g/mol. The third-order valence-corrected chi connectivity index (χ3v) is 6.19. The highest BCUT2D eigenvalue weighted by Crippen LogP contribution is 2.38. The first-order chi connectivity index (χ1) is 13.1. The number of amides is 1. The molecule has 1 N–H and O–H groups in total. The Morgan fingerprint density at radius 3 is 2.36 bits per heavy atom. The fourth-order valence-electron chi connectivity index (χ4n) is 2.95. The van der Waals surface area contributed by atoms with Crippen molar-refractivity contribution >= 4 is 68.9 Å². The number of nitrogens with zero attached hydrogens (tertiary/aromatic N) is 3. The molecule has 2 aromatic rings. The van der Waals surface area contributed by atoms with Crippen molar-refractivity contribution < 1.29 is 13.6 Å². The molecule has 0 saturated carbocycles. The lowest BCUT2D eigenvalue weighted by atomic mass is 10.0. The second-order valence-corrected chi connectivity index (χ2v) is 8.58. The minimum atomic E-state index is -2.30. The van der Waals surface area contributed by atoms with E-state index in [1.807, 2.05) is 6.07 Å². The van der Waals surface area contributed by atoms with Gasteiger partial charge in [-0.1, -0.05) is 23.2 Å². The lowest BCUT2D eigenvalue weighted by molar-refractivity contribution is -0.120. The second-order valence-electron chi connectivity index (χ2n) is 6.46. The van der Waals surface area contributed by atoms with Crippen LogP contribution in [0.5, 0.6) is 0 Å². The van der Waals surface area contributed by atoms with Crippen molar-refractivity contribution in [2.24, 2.45) is 0 Å². The van der Waals surface area contributed by atoms with Crippen molar-refractivity contribution in [3.63, 3.8) is 0 Å². The van der Waals surface area contributed by atoms with Gasteiger partial charge in [0.05, 0.1) is 26.2 Å². The van der Waals surface area contributed by atoms with Gasteiger partial charge >= 0.3 is 0 Å². The van der Waals surface area contributed by atoms with Gasteiger partial charge in [0.15, 0.2) is 16.2 Å². The molecule has 0 radical (unpaired) electrons. The Kier molecular flexibility index (Phi) is 5.49. The molecule has 10 heteroatoms. The number of anilines is 2. The lowest BCUT2D eigenvalue weighted by Gasteiger charge is -2.29. The van der Waals surface area contributed by atoms with Gasteiger partial charge in [0, 0.05) is 5.69 Å². The molecule has 0 spiro atoms. The van der Waals surface area contributed by atoms with E-state index in [2.05, 4.69) is 0 Å². The number of hydrogen-bond donors (Lipinski definition) is 1. The third-order valence-electron chi connectivity index (χ3n) is 4.36. The van der Waals surface area contributed by atoms with Gasteiger partial charge < -0.3 is 9.45 Å². The number of hydrogen-bond acceptors (Lipinski definition) is 4. The molecule has 3 rings (SSSR count). The van der Waals surface area contributed by atoms with Crippen LogP contribution in [0.25, 0.3) is 0 Å². The molecule has 0 aromatic heterocycles. The standard InChI is InChI=1S/C18H13Cl2N3O3S2/c1-18(2)16(24)22(11-4-3-10(9-21)14(20)7-11)17(27)23(18)12-5-6-13(19)15(8-12)28(25)26/h3-8H,1-2H3,(H,25,26). The molecule has 0 aliphatic carbocycles. The molecule has 1 aliphatic heterocycles. The number of benzene rings is 2. The van der Waals surface area contributed by atoms with Gasteiger partial charge in [0.25, 0.3) is 5.91 Å². The topological polar surface area (TPSA) is 84.6 Å². The molecule has 1 heterocycles. The molecule has 28 heavy (non-hydrogen) atoms. The summed E-state index contributed by atoms with van der Waals surface area (Å²) in [5, 5.41) is 9.55. The Hall–Kier alpha value is -2.02. The van der Waals surface area contributed by atoms with Gasteiger partial charge in [-0.25, -0.2) is 4.21 Å². The van der Waals surface area contributed by atoms with Crippen molar-refractivity contribution in [1.82, 2.24) is 0 Å². The van der Waals surface area contributed by atoms with Gasteiger partial charge in [-0.05, 0) is 62.5 Å². The van der Waals surface area contributed by atoms with E-state index in [1.165, 1.54) is 29.2 Å². The van der Waals surface area contributed by atoms with Gasteiger partial charge in [-0.2, -0.15) is 5.26 Å². The number of carbonyl (C=O) groups excluding carboxylic acids is 1. The molecule has 1 saturated heterocycles. The fourth-order valence-corrected chi connectivity index (χ4v) is 4.47. The van der Waals surface area contributed by atoms with Crippen molar-refractivity contribution in [3.8, 4) is 6.07 Å². The Morgan fingerprint density at radius 1 is 1.14 bits per heavy atom. The van der Waals surface area contributed by atoms with Gasteiger partial charge in [0.1, 0.15) is 11.6 Å². The van der Waals surface area contributed by atoms with Crippen LogP contribution in [0.4, 0.5) is 11.4 Å². The second kappa shape index (κ2) is 7.43. The summed E-state index contributed by atoms with van der Waals surface area (Å²) in [6.45, 7) is 3.38. The summed E-state index contributed by atoms with van der Waals surface area (Å²) in [5.41, 5.74) is 0.0909. The van der Waals surface area contributed by atoms with Crippen LogP contribution in [0, 0.1) is 11.3 Å². The van der Waals surface area contributed by atoms with E-state index in [9.17, 15) is 13.6 Å². The first kappa shape index (κ1) is 20.7. The van der Waals surface area contributed by atoms with Crippen LogP contribution >= 0.6 is 35.4 Å². The summed E-state index contributed by atoms with van der Waals surface area (Å²) in [6, 6.07) is 11.1. The smallest absolute Gasteiger partial charge is 0.259 e. The highest BCUT2D eigenvalue weighted by molar-refractivity contribution is 7.81. The monoisotopic (exact) mass is 453 g/mol. The van der Waals surface area contributed by atoms with Crippen molar-refractivity contribution in [3.05, 3.63) is 52.0 Å². The largest absolute Gasteiger partial charge is 0.303 e. The summed E-state index contributed by atoms with van der Waals surface area (Å²) < 4.78 is 21.0. The van der Waals surface area contributed by atoms with Crippen LogP contribution < -0.4 is 9.80 Å². The predicted molar refractivity (Wildman–Crippen MR) is 113 cm³/mol. The molecule has 6 nitrogen and oxygen atoms in total. The van der Waals surface area contributed by atoms with Crippen LogP contribution in [0.3, 0.4) is 0 Å². The van der Waals surface area contributed by atoms with Crippen LogP contribution in [0.15, 0.2) is 41.3 Å². The Balaban J connectivity index is 2.11. The number of rotatable bonds is 3. The van der Waals surface area contributed by atoms with E-state index < -0.39 is 16.6 Å². The number of halogens is 2. The maximum atomic E-state index is 13.1. The summed E-state index contributed by atoms with van der Waals surface area (Å²) in [7, 11) is 0. The molecule has 1 unspecified atom stereocenters. The minimum absolute atomic E-state index is 0.0186. The normalized spacial score (nSPS) is 17.0. The molecular formula is C18H13Cl2N3O3S2. The van der Waals surface area contributed by atoms with E-state index in [1.54, 1.807) is 30.9 Å². The minimum Gasteiger partial charge on any atom is -0.303 e. The highest BCUT2D eigenvalue weighted by Gasteiger charge is 2.50. The van der Waals surface area contributed by atoms with Crippen molar-refractivity contribution in [1.29, 1.82) is 5.26 Å². The zero-order valence-electron chi connectivity index (χ0n) is 14.6. The Morgan fingerprint density at radius 2 is 1.79 bits per heavy atom. The van der Waals surface area contributed by atoms with Gasteiger partial charge in [-0.15, -0.1) is 0 Å². The van der Waals surface area contributed by atoms with Crippen LogP contribution in [-0.4, -0.2) is 25.3 Å². The van der Waals surface area contributed by atoms with Crippen LogP contribution in [0.2, 0.25) is 10.0 Å². The first-order valence-electron chi connectivity index (χ1n) is 7.88. The molecule has 1 fully saturated rings. The maximum Gasteiger partial charge on any atom is 0.259 e. The van der Waals surface area contributed by atoms with Crippen molar-refractivity contribution in [2.75, 3.05) is 9.80 Å². The molecule has 1 aliphatic rings. The number of carbonyl (C=O) groups is 1. The Labute approximate surface area is 179 Å². The molecule has 0 bridgehead atoms. The summed E-state index contributed by atoms with van der Waals surface area (Å²) in [6.07, 6.45) is 0. The third kappa shape index (κ3) is 3.30. The highest BCUT2D eigenvalue weighted by atomic mass is 35.5. The van der Waals surface area contributed by atoms with E-state index in [4.69, 9.17) is 40.7 Å². The fraction of sp³-hybridized carbons (Fsp3) is 0.167. The van der Waals surface area contributed by atoms with E-state index in [-0.39, 0.29) is 31.5 Å². The summed E-state index contributed by atoms with van der Waals surface area (Å²) in [5.74, 6) is -0.306. The quantitative estimate of drug-likeness (QED) is 0.548. The zero-order chi connectivity index (χ0) is 20.8. The molecular weight excluding hydrogens is 441 g/mol. The molecule has 2 aromatic carbocycles.